The van der Waals surface area contributed by atoms with Crippen LogP contribution in [0.4, 0.5) is 0 Å². The second-order valence-electron chi connectivity index (χ2n) is 6.52. The Morgan fingerprint density at radius 2 is 1.89 bits per heavy atom. The number of amides is 3. The van der Waals surface area contributed by atoms with Crippen LogP contribution < -0.4 is 10.6 Å². The van der Waals surface area contributed by atoms with Crippen molar-refractivity contribution in [1.82, 2.24) is 15.5 Å². The molecule has 1 fully saturated rings. The normalized spacial score (nSPS) is 16.6. The summed E-state index contributed by atoms with van der Waals surface area (Å²) < 4.78 is 5.20. The molecule has 3 rings (SSSR count). The molecule has 0 unspecified atom stereocenters. The van der Waals surface area contributed by atoms with Crippen LogP contribution in [0, 0.1) is 5.92 Å². The summed E-state index contributed by atoms with van der Waals surface area (Å²) in [6.45, 7) is 1.23. The van der Waals surface area contributed by atoms with E-state index in [0.717, 1.165) is 12.8 Å². The molecule has 2 N–H and O–H groups in total. The number of carbonyl (C=O) groups excluding carboxylic acids is 3. The minimum Gasteiger partial charge on any atom is -0.467 e. The fourth-order valence-electron chi connectivity index (χ4n) is 3.11. The van der Waals surface area contributed by atoms with E-state index in [1.807, 2.05) is 6.07 Å². The predicted molar refractivity (Wildman–Crippen MR) is 98.6 cm³/mol. The number of hydrogen-bond donors (Lipinski definition) is 2. The zero-order valence-electron chi connectivity index (χ0n) is 15.0. The number of carbonyl (C=O) groups is 3. The Morgan fingerprint density at radius 1 is 1.07 bits per heavy atom. The molecular weight excluding hydrogens is 346 g/mol. The van der Waals surface area contributed by atoms with Crippen LogP contribution in [-0.4, -0.2) is 42.3 Å². The molecule has 1 aliphatic rings. The average Bonchev–Trinajstić information content (AvgIpc) is 3.24. The first-order chi connectivity index (χ1) is 13.1. The number of hydrogen-bond acceptors (Lipinski definition) is 4. The lowest BCUT2D eigenvalue weighted by atomic mass is 9.97. The van der Waals surface area contributed by atoms with Crippen molar-refractivity contribution in [2.45, 2.75) is 19.4 Å². The van der Waals surface area contributed by atoms with Crippen molar-refractivity contribution in [3.05, 3.63) is 60.1 Å². The molecular formula is C20H23N3O4. The lowest BCUT2D eigenvalue weighted by Gasteiger charge is -2.32. The number of nitrogens with zero attached hydrogens (tertiary/aromatic N) is 1. The predicted octanol–water partition coefficient (Wildman–Crippen LogP) is 1.56. The lowest BCUT2D eigenvalue weighted by molar-refractivity contribution is -0.135. The zero-order valence-corrected chi connectivity index (χ0v) is 15.0. The molecule has 1 atom stereocenters. The van der Waals surface area contributed by atoms with Gasteiger partial charge in [-0.15, -0.1) is 0 Å². The molecule has 0 bridgehead atoms. The van der Waals surface area contributed by atoms with E-state index in [2.05, 4.69) is 10.6 Å². The summed E-state index contributed by atoms with van der Waals surface area (Å²) in [5, 5.41) is 5.49. The van der Waals surface area contributed by atoms with Crippen molar-refractivity contribution in [3.63, 3.8) is 0 Å². The van der Waals surface area contributed by atoms with Gasteiger partial charge in [-0.3, -0.25) is 14.4 Å². The molecule has 2 aromatic rings. The molecule has 3 amide bonds. The Balaban J connectivity index is 1.46. The van der Waals surface area contributed by atoms with Gasteiger partial charge >= 0.3 is 0 Å². The van der Waals surface area contributed by atoms with Crippen LogP contribution in [0.5, 0.6) is 0 Å². The summed E-state index contributed by atoms with van der Waals surface area (Å²) in [5.74, 6) is -0.105. The van der Waals surface area contributed by atoms with Crippen LogP contribution in [-0.2, 0) is 16.1 Å². The van der Waals surface area contributed by atoms with Crippen LogP contribution in [0.2, 0.25) is 0 Å². The number of benzene rings is 1. The van der Waals surface area contributed by atoms with Gasteiger partial charge in [-0.1, -0.05) is 18.2 Å². The minimum atomic E-state index is -0.284. The first-order valence-corrected chi connectivity index (χ1v) is 9.04. The third-order valence-electron chi connectivity index (χ3n) is 4.60. The highest BCUT2D eigenvalue weighted by Crippen LogP contribution is 2.17. The van der Waals surface area contributed by atoms with Gasteiger partial charge in [0.05, 0.1) is 25.3 Å². The Morgan fingerprint density at radius 3 is 2.63 bits per heavy atom. The van der Waals surface area contributed by atoms with Gasteiger partial charge in [0.25, 0.3) is 5.91 Å². The molecule has 1 aromatic heterocycles. The highest BCUT2D eigenvalue weighted by Gasteiger charge is 2.28. The Bertz CT molecular complexity index is 774. The fraction of sp³-hybridized carbons (Fsp3) is 0.350. The SMILES string of the molecule is O=C(NCC(=O)N1CCC[C@@H](C(=O)NCc2ccco2)C1)c1ccccc1. The third kappa shape index (κ3) is 5.20. The molecule has 0 spiro atoms. The molecule has 7 nitrogen and oxygen atoms in total. The molecule has 1 saturated heterocycles. The molecule has 0 radical (unpaired) electrons. The van der Waals surface area contributed by atoms with Crippen LogP contribution in [0.1, 0.15) is 29.0 Å². The number of piperidine rings is 1. The molecule has 1 aliphatic heterocycles. The van der Waals surface area contributed by atoms with Gasteiger partial charge in [0.1, 0.15) is 5.76 Å². The van der Waals surface area contributed by atoms with Gasteiger partial charge in [-0.05, 0) is 37.1 Å². The van der Waals surface area contributed by atoms with Crippen LogP contribution in [0.15, 0.2) is 53.1 Å². The minimum absolute atomic E-state index is 0.0749. The van der Waals surface area contributed by atoms with Gasteiger partial charge in [0.2, 0.25) is 11.8 Å². The van der Waals surface area contributed by atoms with E-state index in [1.165, 1.54) is 0 Å². The molecule has 7 heteroatoms. The van der Waals surface area contributed by atoms with E-state index < -0.39 is 0 Å². The Labute approximate surface area is 157 Å². The van der Waals surface area contributed by atoms with Crippen LogP contribution >= 0.6 is 0 Å². The number of nitrogens with one attached hydrogen (secondary N) is 2. The second-order valence-corrected chi connectivity index (χ2v) is 6.52. The van der Waals surface area contributed by atoms with Crippen molar-refractivity contribution in [2.75, 3.05) is 19.6 Å². The molecule has 27 heavy (non-hydrogen) atoms. The number of rotatable bonds is 6. The maximum Gasteiger partial charge on any atom is 0.251 e. The van der Waals surface area contributed by atoms with Gasteiger partial charge in [0.15, 0.2) is 0 Å². The zero-order chi connectivity index (χ0) is 19.1. The smallest absolute Gasteiger partial charge is 0.251 e. The first kappa shape index (κ1) is 18.7. The third-order valence-corrected chi connectivity index (χ3v) is 4.60. The highest BCUT2D eigenvalue weighted by atomic mass is 16.3. The second kappa shape index (κ2) is 9.02. The maximum absolute atomic E-state index is 12.4. The maximum atomic E-state index is 12.4. The summed E-state index contributed by atoms with van der Waals surface area (Å²) in [5.41, 5.74) is 0.513. The molecule has 2 heterocycles. The van der Waals surface area contributed by atoms with Gasteiger partial charge < -0.3 is 20.0 Å². The molecule has 142 valence electrons. The fourth-order valence-corrected chi connectivity index (χ4v) is 3.11. The van der Waals surface area contributed by atoms with Crippen molar-refractivity contribution < 1.29 is 18.8 Å². The summed E-state index contributed by atoms with van der Waals surface area (Å²) in [7, 11) is 0. The van der Waals surface area contributed by atoms with Crippen molar-refractivity contribution >= 4 is 17.7 Å². The largest absolute Gasteiger partial charge is 0.467 e. The lowest BCUT2D eigenvalue weighted by Crippen LogP contribution is -2.48. The average molecular weight is 369 g/mol. The number of furan rings is 1. The summed E-state index contributed by atoms with van der Waals surface area (Å²) >= 11 is 0. The summed E-state index contributed by atoms with van der Waals surface area (Å²) in [4.78, 5) is 38.5. The summed E-state index contributed by atoms with van der Waals surface area (Å²) in [6, 6.07) is 12.3. The quantitative estimate of drug-likeness (QED) is 0.808. The van der Waals surface area contributed by atoms with Gasteiger partial charge in [-0.25, -0.2) is 0 Å². The Kier molecular flexibility index (Phi) is 6.25. The monoisotopic (exact) mass is 369 g/mol. The van der Waals surface area contributed by atoms with Crippen molar-refractivity contribution in [1.29, 1.82) is 0 Å². The van der Waals surface area contributed by atoms with E-state index in [-0.39, 0.29) is 30.2 Å². The first-order valence-electron chi connectivity index (χ1n) is 9.04. The van der Waals surface area contributed by atoms with Crippen molar-refractivity contribution in [3.8, 4) is 0 Å². The standard InChI is InChI=1S/C20H23N3O4/c24-18(13-22-19(25)15-6-2-1-3-7-15)23-10-4-8-16(14-23)20(26)21-12-17-9-5-11-27-17/h1-3,5-7,9,11,16H,4,8,10,12-14H2,(H,21,26)(H,22,25)/t16-/m1/s1. The van der Waals surface area contributed by atoms with Crippen molar-refractivity contribution in [2.24, 2.45) is 5.92 Å². The van der Waals surface area contributed by atoms with E-state index >= 15 is 0 Å². The van der Waals surface area contributed by atoms with E-state index in [4.69, 9.17) is 4.42 Å². The van der Waals surface area contributed by atoms with Gasteiger partial charge in [0, 0.05) is 18.7 Å². The number of likely N-dealkylation sites (tertiary alicyclic amines) is 1. The van der Waals surface area contributed by atoms with Crippen LogP contribution in [0.25, 0.3) is 0 Å². The Hall–Kier alpha value is -3.09. The molecule has 0 saturated carbocycles. The van der Waals surface area contributed by atoms with Crippen LogP contribution in [0.3, 0.4) is 0 Å². The highest BCUT2D eigenvalue weighted by molar-refractivity contribution is 5.96. The summed E-state index contributed by atoms with van der Waals surface area (Å²) in [6.07, 6.45) is 3.06. The topological polar surface area (TPSA) is 91.7 Å². The van der Waals surface area contributed by atoms with Gasteiger partial charge in [-0.2, -0.15) is 0 Å². The van der Waals surface area contributed by atoms with E-state index in [9.17, 15) is 14.4 Å². The van der Waals surface area contributed by atoms with E-state index in [1.54, 1.807) is 47.6 Å². The molecule has 1 aromatic carbocycles. The molecule has 0 aliphatic carbocycles. The van der Waals surface area contributed by atoms with E-state index in [0.29, 0.717) is 31.0 Å².